The van der Waals surface area contributed by atoms with E-state index in [1.54, 1.807) is 18.2 Å². The van der Waals surface area contributed by atoms with Crippen molar-refractivity contribution in [1.82, 2.24) is 24.7 Å². The van der Waals surface area contributed by atoms with Crippen LogP contribution >= 0.6 is 0 Å². The summed E-state index contributed by atoms with van der Waals surface area (Å²) < 4.78 is 39.2. The van der Waals surface area contributed by atoms with Crippen LogP contribution in [-0.2, 0) is 14.8 Å². The number of aromatic nitrogens is 2. The molecule has 0 bridgehead atoms. The lowest BCUT2D eigenvalue weighted by molar-refractivity contribution is 0.0392. The lowest BCUT2D eigenvalue weighted by Gasteiger charge is -2.36. The van der Waals surface area contributed by atoms with Gasteiger partial charge in [0.05, 0.1) is 13.2 Å². The van der Waals surface area contributed by atoms with Gasteiger partial charge in [-0.1, -0.05) is 11.2 Å². The number of hydrogen-bond acceptors (Lipinski definition) is 9. The number of rotatable bonds is 9. The van der Waals surface area contributed by atoms with E-state index in [9.17, 15) is 13.2 Å². The van der Waals surface area contributed by atoms with Crippen molar-refractivity contribution in [3.8, 4) is 0 Å². The molecule has 1 N–H and O–H groups in total. The number of carbonyl (C=O) groups is 1. The molecule has 5 rings (SSSR count). The van der Waals surface area contributed by atoms with E-state index in [1.165, 1.54) is 4.31 Å². The summed E-state index contributed by atoms with van der Waals surface area (Å²) in [5.74, 6) is 1.50. The summed E-state index contributed by atoms with van der Waals surface area (Å²) in [6.07, 6.45) is 3.17. The van der Waals surface area contributed by atoms with Crippen LogP contribution in [0, 0.1) is 0 Å². The molecule has 202 valence electrons. The summed E-state index contributed by atoms with van der Waals surface area (Å²) in [4.78, 5) is 21.5. The number of likely N-dealkylation sites (N-methyl/N-ethyl adjacent to an activating group) is 1. The molecule has 1 saturated carbocycles. The van der Waals surface area contributed by atoms with E-state index >= 15 is 0 Å². The van der Waals surface area contributed by atoms with Crippen LogP contribution in [0.2, 0.25) is 0 Å². The molecule has 3 aliphatic rings. The third kappa shape index (κ3) is 6.14. The Kier molecular flexibility index (Phi) is 7.80. The monoisotopic (exact) mass is 532 g/mol. The minimum Gasteiger partial charge on any atom is -0.379 e. The van der Waals surface area contributed by atoms with Crippen LogP contribution in [-0.4, -0.2) is 98.7 Å². The number of pyridine rings is 1. The van der Waals surface area contributed by atoms with Gasteiger partial charge in [0, 0.05) is 63.8 Å². The standard InChI is InChI=1S/C25H36N6O5S/c1-18-16-20(26-25(32)21-17-22(36-28-21)19-6-7-19)8-9-31(18)37(33,34)24-5-3-4-23(27-24)29(2)10-11-30-12-14-35-15-13-30/h3-5,17-20H,6-16H2,1-2H3,(H,26,32)/t18-,20-/m0/s1. The van der Waals surface area contributed by atoms with Crippen molar-refractivity contribution in [1.29, 1.82) is 0 Å². The Morgan fingerprint density at radius 1 is 1.19 bits per heavy atom. The highest BCUT2D eigenvalue weighted by molar-refractivity contribution is 7.89. The van der Waals surface area contributed by atoms with E-state index in [-0.39, 0.29) is 28.7 Å². The molecular formula is C25H36N6O5S. The number of anilines is 1. The highest BCUT2D eigenvalue weighted by atomic mass is 32.2. The molecule has 1 amide bonds. The molecule has 1 aliphatic carbocycles. The Bertz CT molecular complexity index is 1190. The van der Waals surface area contributed by atoms with E-state index < -0.39 is 10.0 Å². The molecule has 3 fully saturated rings. The highest BCUT2D eigenvalue weighted by Gasteiger charge is 2.36. The molecule has 2 atom stereocenters. The quantitative estimate of drug-likeness (QED) is 0.514. The molecule has 2 aromatic heterocycles. The van der Waals surface area contributed by atoms with E-state index in [0.717, 1.165) is 58.0 Å². The third-order valence-corrected chi connectivity index (χ3v) is 9.34. The van der Waals surface area contributed by atoms with Crippen LogP contribution in [0.15, 0.2) is 33.8 Å². The summed E-state index contributed by atoms with van der Waals surface area (Å²) >= 11 is 0. The van der Waals surface area contributed by atoms with E-state index in [4.69, 9.17) is 9.26 Å². The first kappa shape index (κ1) is 26.1. The molecule has 2 saturated heterocycles. The van der Waals surface area contributed by atoms with E-state index in [0.29, 0.717) is 31.1 Å². The first-order valence-corrected chi connectivity index (χ1v) is 14.5. The second-order valence-electron chi connectivity index (χ2n) is 10.3. The Morgan fingerprint density at radius 2 is 1.97 bits per heavy atom. The Morgan fingerprint density at radius 3 is 2.70 bits per heavy atom. The van der Waals surface area contributed by atoms with Crippen LogP contribution in [0.25, 0.3) is 0 Å². The zero-order valence-corrected chi connectivity index (χ0v) is 22.3. The average Bonchev–Trinajstić information content (AvgIpc) is 3.63. The smallest absolute Gasteiger partial charge is 0.273 e. The van der Waals surface area contributed by atoms with Gasteiger partial charge in [-0.25, -0.2) is 13.4 Å². The fraction of sp³-hybridized carbons (Fsp3) is 0.640. The molecule has 11 nitrogen and oxygen atoms in total. The van der Waals surface area contributed by atoms with Gasteiger partial charge in [-0.05, 0) is 44.7 Å². The summed E-state index contributed by atoms with van der Waals surface area (Å²) in [5, 5.41) is 6.95. The predicted molar refractivity (Wildman–Crippen MR) is 137 cm³/mol. The lowest BCUT2D eigenvalue weighted by atomic mass is 10.0. The summed E-state index contributed by atoms with van der Waals surface area (Å²) in [6.45, 7) is 7.09. The molecule has 37 heavy (non-hydrogen) atoms. The number of sulfonamides is 1. The van der Waals surface area contributed by atoms with Gasteiger partial charge in [-0.3, -0.25) is 9.69 Å². The number of nitrogens with one attached hydrogen (secondary N) is 1. The number of morpholine rings is 1. The van der Waals surface area contributed by atoms with Crippen molar-refractivity contribution in [2.75, 3.05) is 57.9 Å². The zero-order chi connectivity index (χ0) is 26.0. The highest BCUT2D eigenvalue weighted by Crippen LogP contribution is 2.40. The number of nitrogens with zero attached hydrogens (tertiary/aromatic N) is 5. The maximum Gasteiger partial charge on any atom is 0.273 e. The van der Waals surface area contributed by atoms with Crippen LogP contribution in [0.1, 0.15) is 54.8 Å². The van der Waals surface area contributed by atoms with Crippen molar-refractivity contribution in [2.45, 2.75) is 55.6 Å². The SMILES string of the molecule is C[C@H]1C[C@@H](NC(=O)c2cc(C3CC3)on2)CCN1S(=O)(=O)c1cccc(N(C)CCN2CCOCC2)n1. The molecule has 12 heteroatoms. The topological polar surface area (TPSA) is 121 Å². The summed E-state index contributed by atoms with van der Waals surface area (Å²) in [5.41, 5.74) is 0.281. The fourth-order valence-electron chi connectivity index (χ4n) is 4.97. The fourth-order valence-corrected chi connectivity index (χ4v) is 6.57. The summed E-state index contributed by atoms with van der Waals surface area (Å²) in [6, 6.07) is 6.42. The Labute approximate surface area is 218 Å². The normalized spacial score (nSPS) is 23.6. The summed E-state index contributed by atoms with van der Waals surface area (Å²) in [7, 11) is -1.85. The first-order chi connectivity index (χ1) is 17.8. The van der Waals surface area contributed by atoms with Crippen molar-refractivity contribution in [2.24, 2.45) is 0 Å². The van der Waals surface area contributed by atoms with Gasteiger partial charge >= 0.3 is 0 Å². The van der Waals surface area contributed by atoms with Gasteiger partial charge < -0.3 is 19.5 Å². The number of amides is 1. The van der Waals surface area contributed by atoms with Gasteiger partial charge in [0.25, 0.3) is 15.9 Å². The maximum absolute atomic E-state index is 13.5. The second-order valence-corrected chi connectivity index (χ2v) is 12.1. The zero-order valence-electron chi connectivity index (χ0n) is 21.5. The predicted octanol–water partition coefficient (Wildman–Crippen LogP) is 1.69. The minimum atomic E-state index is -3.78. The van der Waals surface area contributed by atoms with Crippen molar-refractivity contribution in [3.63, 3.8) is 0 Å². The Hall–Kier alpha value is -2.54. The van der Waals surface area contributed by atoms with Gasteiger partial charge in [0.15, 0.2) is 10.7 Å². The average molecular weight is 533 g/mol. The van der Waals surface area contributed by atoms with Gasteiger partial charge in [-0.2, -0.15) is 4.31 Å². The molecule has 2 aliphatic heterocycles. The van der Waals surface area contributed by atoms with Crippen LogP contribution in [0.5, 0.6) is 0 Å². The number of carbonyl (C=O) groups excluding carboxylic acids is 1. The largest absolute Gasteiger partial charge is 0.379 e. The minimum absolute atomic E-state index is 0.0489. The Balaban J connectivity index is 1.18. The molecular weight excluding hydrogens is 496 g/mol. The molecule has 2 aromatic rings. The van der Waals surface area contributed by atoms with Gasteiger partial charge in [0.1, 0.15) is 11.6 Å². The van der Waals surface area contributed by atoms with Crippen LogP contribution < -0.4 is 10.2 Å². The van der Waals surface area contributed by atoms with E-state index in [1.807, 2.05) is 24.9 Å². The van der Waals surface area contributed by atoms with Crippen LogP contribution in [0.4, 0.5) is 5.82 Å². The first-order valence-electron chi connectivity index (χ1n) is 13.1. The third-order valence-electron chi connectivity index (χ3n) is 7.42. The van der Waals surface area contributed by atoms with Crippen molar-refractivity contribution in [3.05, 3.63) is 35.7 Å². The van der Waals surface area contributed by atoms with Crippen molar-refractivity contribution < 1.29 is 22.5 Å². The van der Waals surface area contributed by atoms with Crippen LogP contribution in [0.3, 0.4) is 0 Å². The number of hydrogen-bond donors (Lipinski definition) is 1. The molecule has 0 aromatic carbocycles. The number of piperidine rings is 1. The number of ether oxygens (including phenoxy) is 1. The van der Waals surface area contributed by atoms with Crippen molar-refractivity contribution >= 4 is 21.7 Å². The molecule has 0 radical (unpaired) electrons. The van der Waals surface area contributed by atoms with Gasteiger partial charge in [-0.15, -0.1) is 0 Å². The lowest BCUT2D eigenvalue weighted by Crippen LogP contribution is -2.51. The second kappa shape index (κ2) is 11.1. The molecule has 0 spiro atoms. The maximum atomic E-state index is 13.5. The molecule has 0 unspecified atom stereocenters. The molecule has 4 heterocycles. The van der Waals surface area contributed by atoms with Gasteiger partial charge in [0.2, 0.25) is 0 Å². The van der Waals surface area contributed by atoms with E-state index in [2.05, 4.69) is 20.4 Å².